The minimum absolute atomic E-state index is 0.0449. The molecule has 0 aliphatic carbocycles. The average Bonchev–Trinajstić information content (AvgIpc) is 3.24. The lowest BCUT2D eigenvalue weighted by atomic mass is 10.1. The highest BCUT2D eigenvalue weighted by molar-refractivity contribution is 5.99. The molecule has 4 aromatic rings. The molecule has 1 aromatic carbocycles. The maximum atomic E-state index is 13.0. The zero-order valence-electron chi connectivity index (χ0n) is 16.2. The Bertz CT molecular complexity index is 1170. The first kappa shape index (κ1) is 18.3. The monoisotopic (exact) mass is 400 g/mol. The van der Waals surface area contributed by atoms with E-state index in [9.17, 15) is 4.79 Å². The van der Waals surface area contributed by atoms with E-state index in [1.165, 1.54) is 0 Å². The van der Waals surface area contributed by atoms with Crippen molar-refractivity contribution in [2.75, 3.05) is 31.6 Å². The summed E-state index contributed by atoms with van der Waals surface area (Å²) in [5, 5.41) is 7.57. The largest absolute Gasteiger partial charge is 0.378 e. The molecule has 0 bridgehead atoms. The first-order valence-corrected chi connectivity index (χ1v) is 9.78. The number of anilines is 2. The molecule has 1 aliphatic heterocycles. The lowest BCUT2D eigenvalue weighted by Gasteiger charge is -2.27. The highest BCUT2D eigenvalue weighted by atomic mass is 16.5. The number of nitrogens with one attached hydrogen (secondary N) is 1. The number of nitrogens with zero attached hydrogens (tertiary/aromatic N) is 5. The molecule has 1 N–H and O–H groups in total. The predicted molar refractivity (Wildman–Crippen MR) is 113 cm³/mol. The van der Waals surface area contributed by atoms with E-state index in [2.05, 4.69) is 20.4 Å². The molecular weight excluding hydrogens is 380 g/mol. The highest BCUT2D eigenvalue weighted by Crippen LogP contribution is 2.25. The summed E-state index contributed by atoms with van der Waals surface area (Å²) in [6.07, 6.45) is 5.29. The standard InChI is InChI=1S/C22H20N6O2/c29-22(27-10-12-30-13-11-27)18-6-2-8-23-21(18)25-17-5-1-4-16(14-17)19-15-28-20(26-19)7-3-9-24-28/h1-9,14-15H,10-13H2,(H,23,25). The summed E-state index contributed by atoms with van der Waals surface area (Å²) in [4.78, 5) is 23.8. The Morgan fingerprint density at radius 1 is 1.03 bits per heavy atom. The molecular formula is C22H20N6O2. The normalized spacial score (nSPS) is 14.1. The first-order valence-electron chi connectivity index (χ1n) is 9.78. The van der Waals surface area contributed by atoms with Gasteiger partial charge in [0.15, 0.2) is 5.65 Å². The summed E-state index contributed by atoms with van der Waals surface area (Å²) in [6, 6.07) is 15.2. The van der Waals surface area contributed by atoms with Crippen LogP contribution >= 0.6 is 0 Å². The predicted octanol–water partition coefficient (Wildman–Crippen LogP) is 3.01. The Balaban J connectivity index is 1.43. The number of fused-ring (bicyclic) bond motifs is 1. The Morgan fingerprint density at radius 3 is 2.77 bits per heavy atom. The van der Waals surface area contributed by atoms with E-state index in [-0.39, 0.29) is 5.91 Å². The van der Waals surface area contributed by atoms with Gasteiger partial charge in [0.25, 0.3) is 5.91 Å². The molecule has 0 radical (unpaired) electrons. The maximum Gasteiger partial charge on any atom is 0.257 e. The van der Waals surface area contributed by atoms with Crippen molar-refractivity contribution in [3.05, 3.63) is 72.7 Å². The Kier molecular flexibility index (Phi) is 4.82. The summed E-state index contributed by atoms with van der Waals surface area (Å²) >= 11 is 0. The van der Waals surface area contributed by atoms with Crippen LogP contribution in [0.25, 0.3) is 16.9 Å². The lowest BCUT2D eigenvalue weighted by Crippen LogP contribution is -2.40. The van der Waals surface area contributed by atoms with E-state index >= 15 is 0 Å². The number of hydrogen-bond acceptors (Lipinski definition) is 6. The number of benzene rings is 1. The first-order chi connectivity index (χ1) is 14.8. The van der Waals surface area contributed by atoms with Crippen LogP contribution in [0.3, 0.4) is 0 Å². The molecule has 1 amide bonds. The van der Waals surface area contributed by atoms with E-state index < -0.39 is 0 Å². The zero-order valence-corrected chi connectivity index (χ0v) is 16.2. The maximum absolute atomic E-state index is 13.0. The van der Waals surface area contributed by atoms with Crippen molar-refractivity contribution in [3.63, 3.8) is 0 Å². The van der Waals surface area contributed by atoms with Gasteiger partial charge in [0.05, 0.1) is 30.7 Å². The van der Waals surface area contributed by atoms with Crippen LogP contribution < -0.4 is 5.32 Å². The fraction of sp³-hybridized carbons (Fsp3) is 0.182. The van der Waals surface area contributed by atoms with Crippen molar-refractivity contribution < 1.29 is 9.53 Å². The zero-order chi connectivity index (χ0) is 20.3. The minimum Gasteiger partial charge on any atom is -0.378 e. The van der Waals surface area contributed by atoms with Gasteiger partial charge < -0.3 is 15.0 Å². The fourth-order valence-electron chi connectivity index (χ4n) is 3.48. The molecule has 150 valence electrons. The second kappa shape index (κ2) is 7.92. The number of carbonyl (C=O) groups is 1. The Morgan fingerprint density at radius 2 is 1.90 bits per heavy atom. The number of pyridine rings is 1. The third kappa shape index (κ3) is 3.60. The van der Waals surface area contributed by atoms with Gasteiger partial charge in [-0.15, -0.1) is 0 Å². The smallest absolute Gasteiger partial charge is 0.257 e. The molecule has 4 heterocycles. The molecule has 1 aliphatic rings. The van der Waals surface area contributed by atoms with E-state index in [4.69, 9.17) is 4.74 Å². The van der Waals surface area contributed by atoms with Crippen LogP contribution in [-0.2, 0) is 4.74 Å². The van der Waals surface area contributed by atoms with Gasteiger partial charge in [-0.1, -0.05) is 12.1 Å². The molecule has 8 heteroatoms. The molecule has 30 heavy (non-hydrogen) atoms. The third-order valence-electron chi connectivity index (χ3n) is 4.99. The van der Waals surface area contributed by atoms with Crippen molar-refractivity contribution in [2.45, 2.75) is 0 Å². The van der Waals surface area contributed by atoms with Gasteiger partial charge in [0, 0.05) is 36.7 Å². The van der Waals surface area contributed by atoms with Crippen molar-refractivity contribution in [3.8, 4) is 11.3 Å². The molecule has 0 unspecified atom stereocenters. The average molecular weight is 400 g/mol. The molecule has 0 atom stereocenters. The van der Waals surface area contributed by atoms with Gasteiger partial charge in [-0.2, -0.15) is 5.10 Å². The number of amides is 1. The number of imidazole rings is 1. The third-order valence-corrected chi connectivity index (χ3v) is 4.99. The van der Waals surface area contributed by atoms with E-state index in [1.807, 2.05) is 42.6 Å². The molecule has 1 saturated heterocycles. The van der Waals surface area contributed by atoms with Gasteiger partial charge in [-0.3, -0.25) is 4.79 Å². The summed E-state index contributed by atoms with van der Waals surface area (Å²) in [5.41, 5.74) is 3.92. The molecule has 1 fully saturated rings. The number of morpholine rings is 1. The van der Waals surface area contributed by atoms with Gasteiger partial charge in [0.2, 0.25) is 0 Å². The summed E-state index contributed by atoms with van der Waals surface area (Å²) < 4.78 is 7.09. The minimum atomic E-state index is -0.0449. The summed E-state index contributed by atoms with van der Waals surface area (Å²) in [7, 11) is 0. The van der Waals surface area contributed by atoms with Crippen LogP contribution in [0.1, 0.15) is 10.4 Å². The number of aromatic nitrogens is 4. The van der Waals surface area contributed by atoms with Crippen LogP contribution in [-0.4, -0.2) is 56.7 Å². The molecule has 0 spiro atoms. The second-order valence-electron chi connectivity index (χ2n) is 6.96. The van der Waals surface area contributed by atoms with Crippen molar-refractivity contribution in [2.24, 2.45) is 0 Å². The molecule has 5 rings (SSSR count). The number of rotatable bonds is 4. The van der Waals surface area contributed by atoms with E-state index in [1.54, 1.807) is 33.9 Å². The highest BCUT2D eigenvalue weighted by Gasteiger charge is 2.21. The van der Waals surface area contributed by atoms with Gasteiger partial charge in [0.1, 0.15) is 5.82 Å². The van der Waals surface area contributed by atoms with Crippen LogP contribution in [0, 0.1) is 0 Å². The Labute approximate surface area is 173 Å². The van der Waals surface area contributed by atoms with Crippen molar-refractivity contribution in [1.29, 1.82) is 0 Å². The number of hydrogen-bond donors (Lipinski definition) is 1. The van der Waals surface area contributed by atoms with Gasteiger partial charge in [-0.05, 0) is 36.4 Å². The summed E-state index contributed by atoms with van der Waals surface area (Å²) in [6.45, 7) is 2.30. The van der Waals surface area contributed by atoms with Crippen LogP contribution in [0.5, 0.6) is 0 Å². The van der Waals surface area contributed by atoms with Crippen molar-refractivity contribution in [1.82, 2.24) is 24.5 Å². The second-order valence-corrected chi connectivity index (χ2v) is 6.96. The van der Waals surface area contributed by atoms with Gasteiger partial charge in [-0.25, -0.2) is 14.5 Å². The molecule has 8 nitrogen and oxygen atoms in total. The number of ether oxygens (including phenoxy) is 1. The molecule has 3 aromatic heterocycles. The summed E-state index contributed by atoms with van der Waals surface area (Å²) in [5.74, 6) is 0.485. The van der Waals surface area contributed by atoms with Crippen molar-refractivity contribution >= 4 is 23.1 Å². The SMILES string of the molecule is O=C(c1cccnc1Nc1cccc(-c2cn3ncccc3n2)c1)N1CCOCC1. The van der Waals surface area contributed by atoms with Gasteiger partial charge >= 0.3 is 0 Å². The quantitative estimate of drug-likeness (QED) is 0.567. The Hall–Kier alpha value is -3.78. The lowest BCUT2D eigenvalue weighted by molar-refractivity contribution is 0.0303. The fourth-order valence-corrected chi connectivity index (χ4v) is 3.48. The van der Waals surface area contributed by atoms with Crippen LogP contribution in [0.4, 0.5) is 11.5 Å². The van der Waals surface area contributed by atoms with Crippen LogP contribution in [0.2, 0.25) is 0 Å². The molecule has 0 saturated carbocycles. The van der Waals surface area contributed by atoms with E-state index in [0.717, 1.165) is 22.6 Å². The number of carbonyl (C=O) groups excluding carboxylic acids is 1. The van der Waals surface area contributed by atoms with Crippen LogP contribution in [0.15, 0.2) is 67.1 Å². The van der Waals surface area contributed by atoms with E-state index in [0.29, 0.717) is 37.7 Å². The topological polar surface area (TPSA) is 84.7 Å².